The van der Waals surface area contributed by atoms with Gasteiger partial charge in [0.15, 0.2) is 0 Å². The highest BCUT2D eigenvalue weighted by Gasteiger charge is 1.68. The molecule has 0 fully saturated rings. The van der Waals surface area contributed by atoms with E-state index in [0.717, 1.165) is 0 Å². The molecule has 0 radical (unpaired) electrons. The molecule has 0 bridgehead atoms. The Kier molecular flexibility index (Phi) is 70.6. The van der Waals surface area contributed by atoms with E-state index in [-0.39, 0.29) is 14.9 Å². The van der Waals surface area contributed by atoms with Crippen LogP contribution in [0.4, 0.5) is 0 Å². The molecule has 1 rings (SSSR count). The topological polar surface area (TPSA) is 0 Å². The predicted molar refractivity (Wildman–Crippen MR) is 97.0 cm³/mol. The molecule has 0 aliphatic carbocycles. The van der Waals surface area contributed by atoms with Crippen molar-refractivity contribution in [2.24, 2.45) is 0 Å². The van der Waals surface area contributed by atoms with Gasteiger partial charge in [0, 0.05) is 0 Å². The maximum absolute atomic E-state index is 2.21. The number of rotatable bonds is 3. The Morgan fingerprint density at radius 1 is 0.474 bits per heavy atom. The number of hydrogen-bond acceptors (Lipinski definition) is 0. The Balaban J connectivity index is -0.0000000470. The fraction of sp³-hybridized carbons (Fsp3) is 0.684. The van der Waals surface area contributed by atoms with Gasteiger partial charge in [-0.25, -0.2) is 0 Å². The van der Waals surface area contributed by atoms with E-state index in [9.17, 15) is 0 Å². The molecule has 0 nitrogen and oxygen atoms in total. The van der Waals surface area contributed by atoms with Crippen molar-refractivity contribution in [2.75, 3.05) is 0 Å². The van der Waals surface area contributed by atoms with Crippen LogP contribution in [0, 0.1) is 0 Å². The molecule has 1 aromatic carbocycles. The lowest BCUT2D eigenvalue weighted by Gasteiger charge is -1.79. The van der Waals surface area contributed by atoms with Crippen LogP contribution in [0.5, 0.6) is 0 Å². The summed E-state index contributed by atoms with van der Waals surface area (Å²) in [5, 5.41) is 0. The summed E-state index contributed by atoms with van der Waals surface area (Å²) in [7, 11) is 0. The smallest absolute Gasteiger partial charge is 0.0538 e. The first-order valence-corrected chi connectivity index (χ1v) is 7.33. The van der Waals surface area contributed by atoms with Crippen molar-refractivity contribution in [3.63, 3.8) is 0 Å². The highest BCUT2D eigenvalue weighted by Crippen LogP contribution is 1.88. The Labute approximate surface area is 125 Å². The van der Waals surface area contributed by atoms with Gasteiger partial charge in [-0.1, -0.05) is 125 Å². The number of benzene rings is 1. The van der Waals surface area contributed by atoms with Gasteiger partial charge in [0.2, 0.25) is 0 Å². The van der Waals surface area contributed by atoms with Crippen LogP contribution in [0.1, 0.15) is 88.5 Å². The first-order valence-electron chi connectivity index (χ1n) is 7.33. The molecule has 19 heavy (non-hydrogen) atoms. The van der Waals surface area contributed by atoms with Crippen molar-refractivity contribution in [2.45, 2.75) is 88.5 Å². The Morgan fingerprint density at radius 3 is 0.737 bits per heavy atom. The molecule has 1 aromatic rings. The molecule has 0 unspecified atom stereocenters. The first kappa shape index (κ1) is 30.9. The van der Waals surface area contributed by atoms with E-state index >= 15 is 0 Å². The second-order valence-electron chi connectivity index (χ2n) is 3.51. The molecule has 118 valence electrons. The van der Waals surface area contributed by atoms with Crippen LogP contribution in [-0.2, 0) is 0 Å². The van der Waals surface area contributed by atoms with E-state index in [2.05, 4.69) is 27.7 Å². The summed E-state index contributed by atoms with van der Waals surface area (Å²) in [6.45, 7) is 12.8. The average Bonchev–Trinajstić information content (AvgIpc) is 2.45. The second kappa shape index (κ2) is 43.4. The van der Waals surface area contributed by atoms with Gasteiger partial charge in [-0.3, -0.25) is 0 Å². The maximum atomic E-state index is 2.21. The van der Waals surface area contributed by atoms with Crippen LogP contribution < -0.4 is 0 Å². The van der Waals surface area contributed by atoms with Crippen molar-refractivity contribution in [1.82, 2.24) is 0 Å². The van der Waals surface area contributed by atoms with Crippen molar-refractivity contribution < 1.29 is 0 Å². The summed E-state index contributed by atoms with van der Waals surface area (Å²) in [5.74, 6) is 0. The summed E-state index contributed by atoms with van der Waals surface area (Å²) in [6, 6.07) is 12.0. The minimum atomic E-state index is 0. The van der Waals surface area contributed by atoms with Gasteiger partial charge in [0.25, 0.3) is 0 Å². The monoisotopic (exact) mass is 270 g/mol. The molecule has 0 amide bonds. The van der Waals surface area contributed by atoms with Gasteiger partial charge in [-0.2, -0.15) is 0 Å². The van der Waals surface area contributed by atoms with E-state index in [1.165, 1.54) is 32.1 Å². The van der Waals surface area contributed by atoms with Gasteiger partial charge >= 0.3 is 0 Å². The summed E-state index contributed by atoms with van der Waals surface area (Å²) in [4.78, 5) is 0. The minimum Gasteiger partial charge on any atom is -0.0776 e. The first-order chi connectivity index (χ1) is 8.33. The molecule has 0 aliphatic rings. The molecule has 0 spiro atoms. The molecule has 0 aromatic heterocycles. The van der Waals surface area contributed by atoms with Crippen LogP contribution >= 0.6 is 0 Å². The van der Waals surface area contributed by atoms with E-state index in [1.54, 1.807) is 0 Å². The molecule has 0 heterocycles. The fourth-order valence-electron chi connectivity index (χ4n) is 0.738. The van der Waals surface area contributed by atoms with E-state index in [0.29, 0.717) is 0 Å². The largest absolute Gasteiger partial charge is 0.0776 e. The molecule has 0 N–H and O–H groups in total. The van der Waals surface area contributed by atoms with Crippen LogP contribution in [0.2, 0.25) is 0 Å². The van der Waals surface area contributed by atoms with Gasteiger partial charge in [-0.05, 0) is 0 Å². The summed E-state index contributed by atoms with van der Waals surface area (Å²) in [6.07, 6.45) is 6.72. The molecule has 0 saturated carbocycles. The molecule has 0 saturated heterocycles. The number of unbranched alkanes of at least 4 members (excludes halogenated alkanes) is 3. The quantitative estimate of drug-likeness (QED) is 0.522. The van der Waals surface area contributed by atoms with Crippen molar-refractivity contribution in [3.05, 3.63) is 36.4 Å². The second-order valence-corrected chi connectivity index (χ2v) is 3.51. The molecule has 0 atom stereocenters. The Bertz CT molecular complexity index is 124. The van der Waals surface area contributed by atoms with Crippen LogP contribution in [-0.4, -0.2) is 0 Å². The third kappa shape index (κ3) is 59.0. The highest BCUT2D eigenvalue weighted by molar-refractivity contribution is 4.99. The van der Waals surface area contributed by atoms with E-state index in [4.69, 9.17) is 0 Å². The average molecular weight is 271 g/mol. The van der Waals surface area contributed by atoms with Gasteiger partial charge in [-0.15, -0.1) is 0 Å². The standard InChI is InChI=1S/C6H6.C5H12.C4H10.C2H6.2CH4/c1-2-4-6-5-3-1;1-3-5-4-2;1-3-4-2;1-2;;/h1-6H;3-5H2,1-2H3;3-4H2,1-2H3;1-2H3;2*1H4. The van der Waals surface area contributed by atoms with Crippen molar-refractivity contribution >= 4 is 0 Å². The van der Waals surface area contributed by atoms with E-state index in [1.807, 2.05) is 50.2 Å². The minimum absolute atomic E-state index is 0. The maximum Gasteiger partial charge on any atom is -0.0538 e. The lowest BCUT2D eigenvalue weighted by atomic mass is 10.3. The normalized spacial score (nSPS) is 6.63. The van der Waals surface area contributed by atoms with Crippen LogP contribution in [0.25, 0.3) is 0 Å². The Morgan fingerprint density at radius 2 is 0.684 bits per heavy atom. The Hall–Kier alpha value is -0.780. The molecular formula is C19H42. The summed E-state index contributed by atoms with van der Waals surface area (Å²) < 4.78 is 0. The fourth-order valence-corrected chi connectivity index (χ4v) is 0.738. The molecule has 0 aliphatic heterocycles. The lowest BCUT2D eigenvalue weighted by molar-refractivity contribution is 0.772. The van der Waals surface area contributed by atoms with Crippen molar-refractivity contribution in [3.8, 4) is 0 Å². The predicted octanol–water partition coefficient (Wildman–Crippen LogP) is 7.99. The summed E-state index contributed by atoms with van der Waals surface area (Å²) >= 11 is 0. The highest BCUT2D eigenvalue weighted by atomic mass is 13.7. The number of hydrogen-bond donors (Lipinski definition) is 0. The molecule has 0 heteroatoms. The third-order valence-electron chi connectivity index (χ3n) is 1.87. The zero-order chi connectivity index (χ0) is 13.8. The lowest BCUT2D eigenvalue weighted by Crippen LogP contribution is -1.59. The van der Waals surface area contributed by atoms with Crippen LogP contribution in [0.3, 0.4) is 0 Å². The zero-order valence-electron chi connectivity index (χ0n) is 13.0. The molecular weight excluding hydrogens is 228 g/mol. The zero-order valence-corrected chi connectivity index (χ0v) is 13.0. The van der Waals surface area contributed by atoms with Gasteiger partial charge < -0.3 is 0 Å². The van der Waals surface area contributed by atoms with Gasteiger partial charge in [0.05, 0.1) is 0 Å². The van der Waals surface area contributed by atoms with Crippen LogP contribution in [0.15, 0.2) is 36.4 Å². The van der Waals surface area contributed by atoms with E-state index < -0.39 is 0 Å². The third-order valence-corrected chi connectivity index (χ3v) is 1.87. The summed E-state index contributed by atoms with van der Waals surface area (Å²) in [5.41, 5.74) is 0. The van der Waals surface area contributed by atoms with Gasteiger partial charge in [0.1, 0.15) is 0 Å². The van der Waals surface area contributed by atoms with Crippen molar-refractivity contribution in [1.29, 1.82) is 0 Å². The SMILES string of the molecule is C.C.CC.CCCC.CCCCC.c1ccccc1.